The SMILES string of the molecule is CNCC(Cc1ccccc1)c1ccc(OC)c(OC)c1. The van der Waals surface area contributed by atoms with Gasteiger partial charge in [0.1, 0.15) is 0 Å². The molecule has 3 nitrogen and oxygen atoms in total. The Balaban J connectivity index is 2.25. The lowest BCUT2D eigenvalue weighted by Crippen LogP contribution is -2.19. The second kappa shape index (κ2) is 7.70. The van der Waals surface area contributed by atoms with Gasteiger partial charge >= 0.3 is 0 Å². The average Bonchev–Trinajstić information content (AvgIpc) is 2.54. The standard InChI is InChI=1S/C18H23NO2/c1-19-13-16(11-14-7-5-4-6-8-14)15-9-10-17(20-2)18(12-15)21-3/h4-10,12,16,19H,11,13H2,1-3H3. The van der Waals surface area contributed by atoms with Gasteiger partial charge in [-0.2, -0.15) is 0 Å². The summed E-state index contributed by atoms with van der Waals surface area (Å²) in [7, 11) is 5.32. The highest BCUT2D eigenvalue weighted by Crippen LogP contribution is 2.31. The second-order valence-corrected chi connectivity index (χ2v) is 5.06. The summed E-state index contributed by atoms with van der Waals surface area (Å²) in [6.07, 6.45) is 0.997. The van der Waals surface area contributed by atoms with E-state index in [1.54, 1.807) is 14.2 Å². The maximum atomic E-state index is 5.41. The molecule has 0 aromatic heterocycles. The molecule has 21 heavy (non-hydrogen) atoms. The van der Waals surface area contributed by atoms with Crippen LogP contribution in [0.5, 0.6) is 11.5 Å². The van der Waals surface area contributed by atoms with E-state index in [-0.39, 0.29) is 0 Å². The number of likely N-dealkylation sites (N-methyl/N-ethyl adjacent to an activating group) is 1. The Morgan fingerprint density at radius 3 is 2.29 bits per heavy atom. The minimum absolute atomic E-state index is 0.400. The van der Waals surface area contributed by atoms with E-state index in [2.05, 4.69) is 41.7 Å². The van der Waals surface area contributed by atoms with Crippen molar-refractivity contribution in [3.05, 3.63) is 59.7 Å². The predicted molar refractivity (Wildman–Crippen MR) is 86.4 cm³/mol. The molecular weight excluding hydrogens is 262 g/mol. The molecule has 1 atom stereocenters. The van der Waals surface area contributed by atoms with Crippen LogP contribution in [0, 0.1) is 0 Å². The highest BCUT2D eigenvalue weighted by atomic mass is 16.5. The van der Waals surface area contributed by atoms with Crippen molar-refractivity contribution in [2.45, 2.75) is 12.3 Å². The summed E-state index contributed by atoms with van der Waals surface area (Å²) in [5, 5.41) is 3.28. The van der Waals surface area contributed by atoms with Crippen LogP contribution in [0.15, 0.2) is 48.5 Å². The molecule has 1 unspecified atom stereocenters. The zero-order valence-electron chi connectivity index (χ0n) is 12.9. The summed E-state index contributed by atoms with van der Waals surface area (Å²) in [5.74, 6) is 1.95. The molecule has 0 spiro atoms. The highest BCUT2D eigenvalue weighted by Gasteiger charge is 2.14. The molecule has 0 saturated heterocycles. The molecular formula is C18H23NO2. The topological polar surface area (TPSA) is 30.5 Å². The van der Waals surface area contributed by atoms with E-state index in [1.807, 2.05) is 19.2 Å². The van der Waals surface area contributed by atoms with E-state index >= 15 is 0 Å². The molecule has 0 heterocycles. The van der Waals surface area contributed by atoms with Crippen molar-refractivity contribution in [1.29, 1.82) is 0 Å². The summed E-state index contributed by atoms with van der Waals surface area (Å²) in [5.41, 5.74) is 2.60. The van der Waals surface area contributed by atoms with Gasteiger partial charge in [0.25, 0.3) is 0 Å². The van der Waals surface area contributed by atoms with Crippen LogP contribution in [0.1, 0.15) is 17.0 Å². The lowest BCUT2D eigenvalue weighted by Gasteiger charge is -2.19. The van der Waals surface area contributed by atoms with Crippen LogP contribution in [-0.2, 0) is 6.42 Å². The number of ether oxygens (including phenoxy) is 2. The Morgan fingerprint density at radius 2 is 1.67 bits per heavy atom. The molecule has 2 aromatic rings. The largest absolute Gasteiger partial charge is 0.493 e. The maximum absolute atomic E-state index is 5.41. The Morgan fingerprint density at radius 1 is 0.952 bits per heavy atom. The normalized spacial score (nSPS) is 12.0. The van der Waals surface area contributed by atoms with Crippen molar-refractivity contribution in [2.24, 2.45) is 0 Å². The zero-order chi connectivity index (χ0) is 15.1. The molecule has 112 valence electrons. The first-order valence-electron chi connectivity index (χ1n) is 7.19. The Hall–Kier alpha value is -2.00. The fourth-order valence-corrected chi connectivity index (χ4v) is 2.56. The molecule has 1 N–H and O–H groups in total. The van der Waals surface area contributed by atoms with Crippen LogP contribution in [0.25, 0.3) is 0 Å². The number of hydrogen-bond acceptors (Lipinski definition) is 3. The zero-order valence-corrected chi connectivity index (χ0v) is 12.9. The van der Waals surface area contributed by atoms with E-state index in [9.17, 15) is 0 Å². The van der Waals surface area contributed by atoms with E-state index in [4.69, 9.17) is 9.47 Å². The second-order valence-electron chi connectivity index (χ2n) is 5.06. The van der Waals surface area contributed by atoms with Crippen molar-refractivity contribution in [3.8, 4) is 11.5 Å². The van der Waals surface area contributed by atoms with Gasteiger partial charge in [-0.3, -0.25) is 0 Å². The van der Waals surface area contributed by atoms with E-state index < -0.39 is 0 Å². The Kier molecular flexibility index (Phi) is 5.64. The third kappa shape index (κ3) is 3.99. The van der Waals surface area contributed by atoms with Gasteiger partial charge in [0.15, 0.2) is 11.5 Å². The molecule has 0 amide bonds. The van der Waals surface area contributed by atoms with Gasteiger partial charge in [0.2, 0.25) is 0 Å². The number of benzene rings is 2. The van der Waals surface area contributed by atoms with E-state index in [0.717, 1.165) is 24.5 Å². The molecule has 0 aliphatic heterocycles. The van der Waals surface area contributed by atoms with Gasteiger partial charge in [0, 0.05) is 12.5 Å². The van der Waals surface area contributed by atoms with E-state index in [1.165, 1.54) is 11.1 Å². The van der Waals surface area contributed by atoms with Crippen LogP contribution in [0.2, 0.25) is 0 Å². The van der Waals surface area contributed by atoms with E-state index in [0.29, 0.717) is 5.92 Å². The summed E-state index contributed by atoms with van der Waals surface area (Å²) in [6.45, 7) is 0.921. The molecule has 0 aliphatic carbocycles. The molecule has 2 aromatic carbocycles. The summed E-state index contributed by atoms with van der Waals surface area (Å²) in [4.78, 5) is 0. The summed E-state index contributed by atoms with van der Waals surface area (Å²) >= 11 is 0. The number of rotatable bonds is 7. The van der Waals surface area contributed by atoms with Crippen LogP contribution < -0.4 is 14.8 Å². The van der Waals surface area contributed by atoms with Crippen LogP contribution in [0.4, 0.5) is 0 Å². The Labute approximate surface area is 126 Å². The molecule has 2 rings (SSSR count). The Bertz CT molecular complexity index is 554. The third-order valence-electron chi connectivity index (χ3n) is 3.65. The highest BCUT2D eigenvalue weighted by molar-refractivity contribution is 5.44. The molecule has 0 saturated carbocycles. The first-order valence-corrected chi connectivity index (χ1v) is 7.19. The third-order valence-corrected chi connectivity index (χ3v) is 3.65. The lowest BCUT2D eigenvalue weighted by atomic mass is 9.91. The van der Waals surface area contributed by atoms with Gasteiger partial charge in [-0.15, -0.1) is 0 Å². The van der Waals surface area contributed by atoms with Crippen molar-refractivity contribution >= 4 is 0 Å². The number of hydrogen-bond donors (Lipinski definition) is 1. The van der Waals surface area contributed by atoms with Gasteiger partial charge in [-0.1, -0.05) is 36.4 Å². The van der Waals surface area contributed by atoms with Gasteiger partial charge in [0.05, 0.1) is 14.2 Å². The fourth-order valence-electron chi connectivity index (χ4n) is 2.56. The maximum Gasteiger partial charge on any atom is 0.160 e. The number of methoxy groups -OCH3 is 2. The smallest absolute Gasteiger partial charge is 0.160 e. The molecule has 0 radical (unpaired) electrons. The van der Waals surface area contributed by atoms with Crippen molar-refractivity contribution in [3.63, 3.8) is 0 Å². The van der Waals surface area contributed by atoms with Gasteiger partial charge in [-0.25, -0.2) is 0 Å². The first-order chi connectivity index (χ1) is 10.3. The summed E-state index contributed by atoms with van der Waals surface area (Å²) < 4.78 is 10.7. The average molecular weight is 285 g/mol. The van der Waals surface area contributed by atoms with Crippen LogP contribution in [-0.4, -0.2) is 27.8 Å². The van der Waals surface area contributed by atoms with Crippen molar-refractivity contribution in [2.75, 3.05) is 27.8 Å². The van der Waals surface area contributed by atoms with Gasteiger partial charge in [-0.05, 0) is 36.7 Å². The molecule has 0 bridgehead atoms. The fraction of sp³-hybridized carbons (Fsp3) is 0.333. The molecule has 0 aliphatic rings. The van der Waals surface area contributed by atoms with Gasteiger partial charge < -0.3 is 14.8 Å². The van der Waals surface area contributed by atoms with Crippen molar-refractivity contribution < 1.29 is 9.47 Å². The minimum Gasteiger partial charge on any atom is -0.493 e. The minimum atomic E-state index is 0.400. The predicted octanol–water partition coefficient (Wildman–Crippen LogP) is 3.25. The number of nitrogens with one attached hydrogen (secondary N) is 1. The molecule has 3 heteroatoms. The first kappa shape index (κ1) is 15.4. The van der Waals surface area contributed by atoms with Crippen LogP contribution >= 0.6 is 0 Å². The molecule has 0 fully saturated rings. The lowest BCUT2D eigenvalue weighted by molar-refractivity contribution is 0.354. The van der Waals surface area contributed by atoms with Crippen molar-refractivity contribution in [1.82, 2.24) is 5.32 Å². The monoisotopic (exact) mass is 285 g/mol. The summed E-state index contributed by atoms with van der Waals surface area (Å²) in [6, 6.07) is 16.7. The quantitative estimate of drug-likeness (QED) is 0.847. The van der Waals surface area contributed by atoms with Crippen LogP contribution in [0.3, 0.4) is 0 Å².